The molecule has 1 heterocycles. The van der Waals surface area contributed by atoms with Gasteiger partial charge in [-0.15, -0.1) is 0 Å². The van der Waals surface area contributed by atoms with E-state index in [1.165, 1.54) is 0 Å². The SMILES string of the molecule is CC[C@@H](NC(=O)OC(C)(C)C)c1cncn1CC(C)(C)OC. The van der Waals surface area contributed by atoms with Crippen molar-refractivity contribution in [1.82, 2.24) is 14.9 Å². The molecule has 22 heavy (non-hydrogen) atoms. The Labute approximate surface area is 133 Å². The van der Waals surface area contributed by atoms with Crippen molar-refractivity contribution in [3.05, 3.63) is 18.2 Å². The van der Waals surface area contributed by atoms with Gasteiger partial charge in [0.2, 0.25) is 0 Å². The Morgan fingerprint density at radius 1 is 1.36 bits per heavy atom. The second-order valence-corrected chi connectivity index (χ2v) is 7.02. The Kier molecular flexibility index (Phi) is 6.00. The second kappa shape index (κ2) is 7.13. The van der Waals surface area contributed by atoms with Crippen molar-refractivity contribution in [3.8, 4) is 0 Å². The Bertz CT molecular complexity index is 489. The van der Waals surface area contributed by atoms with Crippen LogP contribution >= 0.6 is 0 Å². The fourth-order valence-electron chi connectivity index (χ4n) is 2.06. The molecule has 0 fully saturated rings. The molecule has 1 atom stereocenters. The van der Waals surface area contributed by atoms with E-state index in [0.29, 0.717) is 6.54 Å². The number of carbonyl (C=O) groups excluding carboxylic acids is 1. The van der Waals surface area contributed by atoms with Crippen LogP contribution in [0.15, 0.2) is 12.5 Å². The molecular formula is C16H29N3O3. The summed E-state index contributed by atoms with van der Waals surface area (Å²) in [5.41, 5.74) is 0.124. The van der Waals surface area contributed by atoms with Crippen LogP contribution in [0, 0.1) is 0 Å². The second-order valence-electron chi connectivity index (χ2n) is 7.02. The number of aromatic nitrogens is 2. The van der Waals surface area contributed by atoms with E-state index in [9.17, 15) is 4.79 Å². The quantitative estimate of drug-likeness (QED) is 0.875. The fraction of sp³-hybridized carbons (Fsp3) is 0.750. The molecule has 6 nitrogen and oxygen atoms in total. The van der Waals surface area contributed by atoms with Gasteiger partial charge in [0.1, 0.15) is 5.60 Å². The first-order chi connectivity index (χ1) is 10.1. The summed E-state index contributed by atoms with van der Waals surface area (Å²) in [6, 6.07) is -0.148. The summed E-state index contributed by atoms with van der Waals surface area (Å²) in [6.45, 7) is 12.2. The lowest BCUT2D eigenvalue weighted by Gasteiger charge is -2.27. The molecule has 0 aliphatic rings. The van der Waals surface area contributed by atoms with Crippen LogP contribution in [-0.2, 0) is 16.0 Å². The molecule has 1 N–H and O–H groups in total. The highest BCUT2D eigenvalue weighted by atomic mass is 16.6. The first-order valence-corrected chi connectivity index (χ1v) is 7.62. The number of hydrogen-bond donors (Lipinski definition) is 1. The molecule has 1 aromatic rings. The number of hydrogen-bond acceptors (Lipinski definition) is 4. The Balaban J connectivity index is 2.84. The molecule has 0 aromatic carbocycles. The van der Waals surface area contributed by atoms with Gasteiger partial charge < -0.3 is 19.4 Å². The van der Waals surface area contributed by atoms with Crippen molar-refractivity contribution in [2.45, 2.75) is 71.8 Å². The van der Waals surface area contributed by atoms with Crippen LogP contribution in [0.3, 0.4) is 0 Å². The van der Waals surface area contributed by atoms with Gasteiger partial charge in [0.05, 0.1) is 36.4 Å². The number of methoxy groups -OCH3 is 1. The highest BCUT2D eigenvalue weighted by Crippen LogP contribution is 2.20. The van der Waals surface area contributed by atoms with Crippen molar-refractivity contribution in [3.63, 3.8) is 0 Å². The van der Waals surface area contributed by atoms with Gasteiger partial charge in [0, 0.05) is 7.11 Å². The van der Waals surface area contributed by atoms with Crippen LogP contribution in [0.4, 0.5) is 4.79 Å². The molecule has 0 saturated carbocycles. The monoisotopic (exact) mass is 311 g/mol. The summed E-state index contributed by atoms with van der Waals surface area (Å²) >= 11 is 0. The minimum atomic E-state index is -0.513. The maximum Gasteiger partial charge on any atom is 0.408 e. The molecule has 126 valence electrons. The number of nitrogens with zero attached hydrogens (tertiary/aromatic N) is 2. The van der Waals surface area contributed by atoms with Gasteiger partial charge in [-0.25, -0.2) is 9.78 Å². The highest BCUT2D eigenvalue weighted by molar-refractivity contribution is 5.68. The summed E-state index contributed by atoms with van der Waals surface area (Å²) in [5, 5.41) is 2.91. The average molecular weight is 311 g/mol. The lowest BCUT2D eigenvalue weighted by atomic mass is 10.1. The summed E-state index contributed by atoms with van der Waals surface area (Å²) in [5.74, 6) is 0. The molecule has 1 rings (SSSR count). The normalized spacial score (nSPS) is 13.8. The standard InChI is InChI=1S/C16H29N3O3/c1-8-12(18-14(20)22-15(2,3)4)13-9-17-11-19(13)10-16(5,6)21-7/h9,11-12H,8,10H2,1-7H3,(H,18,20)/t12-/m1/s1. The molecule has 6 heteroatoms. The Hall–Kier alpha value is -1.56. The van der Waals surface area contributed by atoms with Crippen LogP contribution in [0.2, 0.25) is 0 Å². The van der Waals surface area contributed by atoms with Crippen molar-refractivity contribution in [2.75, 3.05) is 7.11 Å². The number of imidazole rings is 1. The van der Waals surface area contributed by atoms with Crippen LogP contribution in [-0.4, -0.2) is 34.0 Å². The van der Waals surface area contributed by atoms with Gasteiger partial charge in [-0.1, -0.05) is 6.92 Å². The topological polar surface area (TPSA) is 65.4 Å². The molecule has 0 radical (unpaired) electrons. The third-order valence-electron chi connectivity index (χ3n) is 3.30. The van der Waals surface area contributed by atoms with Crippen LogP contribution < -0.4 is 5.32 Å². The first-order valence-electron chi connectivity index (χ1n) is 7.62. The maximum absolute atomic E-state index is 12.0. The molecule has 0 unspecified atom stereocenters. The van der Waals surface area contributed by atoms with E-state index in [1.54, 1.807) is 19.6 Å². The number of amides is 1. The highest BCUT2D eigenvalue weighted by Gasteiger charge is 2.24. The number of nitrogens with one attached hydrogen (secondary N) is 1. The minimum Gasteiger partial charge on any atom is -0.444 e. The third-order valence-corrected chi connectivity index (χ3v) is 3.30. The summed E-state index contributed by atoms with van der Waals surface area (Å²) < 4.78 is 12.8. The fourth-order valence-corrected chi connectivity index (χ4v) is 2.06. The summed E-state index contributed by atoms with van der Waals surface area (Å²) in [7, 11) is 1.69. The zero-order valence-electron chi connectivity index (χ0n) is 14.8. The summed E-state index contributed by atoms with van der Waals surface area (Å²) in [4.78, 5) is 16.2. The van der Waals surface area contributed by atoms with E-state index >= 15 is 0 Å². The molecule has 0 bridgehead atoms. The molecule has 1 aromatic heterocycles. The molecule has 0 aliphatic heterocycles. The van der Waals surface area contributed by atoms with E-state index < -0.39 is 11.7 Å². The van der Waals surface area contributed by atoms with E-state index in [1.807, 2.05) is 46.1 Å². The lowest BCUT2D eigenvalue weighted by molar-refractivity contribution is 0.00720. The molecule has 0 saturated heterocycles. The largest absolute Gasteiger partial charge is 0.444 e. The Morgan fingerprint density at radius 2 is 2.00 bits per heavy atom. The maximum atomic E-state index is 12.0. The minimum absolute atomic E-state index is 0.148. The third kappa shape index (κ3) is 5.67. The summed E-state index contributed by atoms with van der Waals surface area (Å²) in [6.07, 6.45) is 3.86. The molecule has 1 amide bonds. The van der Waals surface area contributed by atoms with Crippen molar-refractivity contribution < 1.29 is 14.3 Å². The number of rotatable bonds is 6. The average Bonchev–Trinajstić information content (AvgIpc) is 2.81. The van der Waals surface area contributed by atoms with E-state index in [0.717, 1.165) is 12.1 Å². The predicted molar refractivity (Wildman–Crippen MR) is 85.7 cm³/mol. The smallest absolute Gasteiger partial charge is 0.408 e. The van der Waals surface area contributed by atoms with Crippen molar-refractivity contribution >= 4 is 6.09 Å². The van der Waals surface area contributed by atoms with E-state index in [2.05, 4.69) is 10.3 Å². The van der Waals surface area contributed by atoms with Crippen LogP contribution in [0.25, 0.3) is 0 Å². The van der Waals surface area contributed by atoms with E-state index in [-0.39, 0.29) is 11.6 Å². The van der Waals surface area contributed by atoms with Gasteiger partial charge in [-0.05, 0) is 41.0 Å². The molecule has 0 spiro atoms. The number of alkyl carbamates (subject to hydrolysis) is 1. The zero-order valence-corrected chi connectivity index (χ0v) is 14.8. The first kappa shape index (κ1) is 18.5. The van der Waals surface area contributed by atoms with Gasteiger partial charge in [0.25, 0.3) is 0 Å². The van der Waals surface area contributed by atoms with Crippen molar-refractivity contribution in [1.29, 1.82) is 0 Å². The van der Waals surface area contributed by atoms with E-state index in [4.69, 9.17) is 9.47 Å². The van der Waals surface area contributed by atoms with Gasteiger partial charge in [0.15, 0.2) is 0 Å². The Morgan fingerprint density at radius 3 is 2.50 bits per heavy atom. The molecule has 0 aliphatic carbocycles. The number of carbonyl (C=O) groups is 1. The zero-order chi connectivity index (χ0) is 17.0. The number of ether oxygens (including phenoxy) is 2. The van der Waals surface area contributed by atoms with Gasteiger partial charge in [-0.2, -0.15) is 0 Å². The lowest BCUT2D eigenvalue weighted by Crippen LogP contribution is -2.36. The van der Waals surface area contributed by atoms with Crippen molar-refractivity contribution in [2.24, 2.45) is 0 Å². The van der Waals surface area contributed by atoms with Crippen LogP contribution in [0.1, 0.15) is 59.7 Å². The predicted octanol–water partition coefficient (Wildman–Crippen LogP) is 3.28. The van der Waals surface area contributed by atoms with Gasteiger partial charge >= 0.3 is 6.09 Å². The molecular weight excluding hydrogens is 282 g/mol. The van der Waals surface area contributed by atoms with Gasteiger partial charge in [-0.3, -0.25) is 0 Å². The van der Waals surface area contributed by atoms with Crippen LogP contribution in [0.5, 0.6) is 0 Å².